The number of carbonyl (C=O) groups is 2. The Balaban J connectivity index is 1.35. The minimum Gasteiger partial charge on any atom is -0.496 e. The first kappa shape index (κ1) is 27.8. The molecule has 0 radical (unpaired) electrons. The van der Waals surface area contributed by atoms with Crippen molar-refractivity contribution in [2.75, 3.05) is 20.3 Å². The zero-order valence-corrected chi connectivity index (χ0v) is 22.7. The first-order valence-electron chi connectivity index (χ1n) is 13.5. The standard InChI is InChI=1S/C32H37N3O4/c1-3-8-23-13-16-27(17-14-23)39-22-32(37)35-26(19-25-20-33-29-11-6-5-10-28(25)29)21-34-31(36)18-15-24-9-4-7-12-30(24)38-2/h4-7,9-14,16-17,20,26,33H,3,8,15,18-19,21-22H2,1-2H3,(H,34,36)(H,35,37). The first-order valence-corrected chi connectivity index (χ1v) is 13.5. The fourth-order valence-electron chi connectivity index (χ4n) is 4.68. The van der Waals surface area contributed by atoms with Gasteiger partial charge >= 0.3 is 0 Å². The van der Waals surface area contributed by atoms with E-state index in [9.17, 15) is 9.59 Å². The predicted molar refractivity (Wildman–Crippen MR) is 154 cm³/mol. The number of methoxy groups -OCH3 is 1. The number of hydrogen-bond donors (Lipinski definition) is 3. The molecule has 0 aliphatic rings. The van der Waals surface area contributed by atoms with Crippen LogP contribution in [0.1, 0.15) is 36.5 Å². The third-order valence-corrected chi connectivity index (χ3v) is 6.70. The SMILES string of the molecule is CCCc1ccc(OCC(=O)NC(CNC(=O)CCc2ccccc2OC)Cc2c[nH]c3ccccc23)cc1. The normalized spacial score (nSPS) is 11.6. The number of para-hydroxylation sites is 2. The lowest BCUT2D eigenvalue weighted by Crippen LogP contribution is -2.46. The molecule has 1 aromatic heterocycles. The van der Waals surface area contributed by atoms with E-state index in [1.165, 1.54) is 5.56 Å². The number of ether oxygens (including phenoxy) is 2. The van der Waals surface area contributed by atoms with Gasteiger partial charge in [-0.2, -0.15) is 0 Å². The summed E-state index contributed by atoms with van der Waals surface area (Å²) in [6.07, 6.45) is 5.51. The van der Waals surface area contributed by atoms with Crippen LogP contribution in [0.5, 0.6) is 11.5 Å². The number of fused-ring (bicyclic) bond motifs is 1. The summed E-state index contributed by atoms with van der Waals surface area (Å²) in [5, 5.41) is 7.16. The van der Waals surface area contributed by atoms with E-state index in [1.54, 1.807) is 7.11 Å². The number of aromatic nitrogens is 1. The highest BCUT2D eigenvalue weighted by atomic mass is 16.5. The van der Waals surface area contributed by atoms with Gasteiger partial charge in [-0.1, -0.05) is 61.9 Å². The highest BCUT2D eigenvalue weighted by Gasteiger charge is 2.17. The van der Waals surface area contributed by atoms with Crippen molar-refractivity contribution in [1.82, 2.24) is 15.6 Å². The molecule has 0 aliphatic carbocycles. The molecule has 0 fully saturated rings. The molecule has 0 bridgehead atoms. The summed E-state index contributed by atoms with van der Waals surface area (Å²) in [4.78, 5) is 28.8. The van der Waals surface area contributed by atoms with Crippen molar-refractivity contribution in [2.24, 2.45) is 0 Å². The van der Waals surface area contributed by atoms with Crippen LogP contribution in [0.2, 0.25) is 0 Å². The number of benzene rings is 3. The monoisotopic (exact) mass is 527 g/mol. The van der Waals surface area contributed by atoms with Crippen LogP contribution in [0.4, 0.5) is 0 Å². The van der Waals surface area contributed by atoms with Gasteiger partial charge in [0.05, 0.1) is 13.2 Å². The molecule has 39 heavy (non-hydrogen) atoms. The Morgan fingerprint density at radius 1 is 0.897 bits per heavy atom. The molecule has 204 valence electrons. The molecular weight excluding hydrogens is 490 g/mol. The highest BCUT2D eigenvalue weighted by molar-refractivity contribution is 5.83. The van der Waals surface area contributed by atoms with Gasteiger partial charge in [0.1, 0.15) is 11.5 Å². The summed E-state index contributed by atoms with van der Waals surface area (Å²) in [7, 11) is 1.63. The largest absolute Gasteiger partial charge is 0.496 e. The molecule has 0 aliphatic heterocycles. The van der Waals surface area contributed by atoms with Crippen molar-refractivity contribution in [3.8, 4) is 11.5 Å². The molecule has 1 atom stereocenters. The Kier molecular flexibility index (Phi) is 10.0. The Bertz CT molecular complexity index is 1360. The quantitative estimate of drug-likeness (QED) is 0.216. The molecule has 7 nitrogen and oxygen atoms in total. The number of H-pyrrole nitrogens is 1. The van der Waals surface area contributed by atoms with Gasteiger partial charge in [0.2, 0.25) is 5.91 Å². The lowest BCUT2D eigenvalue weighted by molar-refractivity contribution is -0.125. The van der Waals surface area contributed by atoms with Crippen molar-refractivity contribution in [3.05, 3.63) is 95.7 Å². The second-order valence-electron chi connectivity index (χ2n) is 9.63. The minimum absolute atomic E-state index is 0.0810. The molecule has 4 aromatic rings. The fraction of sp³-hybridized carbons (Fsp3) is 0.312. The maximum Gasteiger partial charge on any atom is 0.258 e. The van der Waals surface area contributed by atoms with Crippen molar-refractivity contribution in [3.63, 3.8) is 0 Å². The Hall–Kier alpha value is -4.26. The van der Waals surface area contributed by atoms with Crippen LogP contribution in [-0.2, 0) is 28.9 Å². The average molecular weight is 528 g/mol. The molecule has 1 heterocycles. The number of aromatic amines is 1. The molecule has 0 saturated heterocycles. The van der Waals surface area contributed by atoms with Crippen molar-refractivity contribution in [1.29, 1.82) is 0 Å². The molecule has 3 N–H and O–H groups in total. The molecule has 4 rings (SSSR count). The maximum absolute atomic E-state index is 12.8. The summed E-state index contributed by atoms with van der Waals surface area (Å²) in [5.41, 5.74) is 4.34. The maximum atomic E-state index is 12.8. The van der Waals surface area contributed by atoms with Crippen LogP contribution in [0, 0.1) is 0 Å². The smallest absolute Gasteiger partial charge is 0.258 e. The summed E-state index contributed by atoms with van der Waals surface area (Å²) in [6, 6.07) is 23.3. The van der Waals surface area contributed by atoms with Gasteiger partial charge in [-0.15, -0.1) is 0 Å². The zero-order valence-electron chi connectivity index (χ0n) is 22.7. The Morgan fingerprint density at radius 2 is 1.67 bits per heavy atom. The second-order valence-corrected chi connectivity index (χ2v) is 9.63. The molecule has 1 unspecified atom stereocenters. The van der Waals surface area contributed by atoms with E-state index < -0.39 is 0 Å². The van der Waals surface area contributed by atoms with Crippen LogP contribution >= 0.6 is 0 Å². The molecule has 7 heteroatoms. The lowest BCUT2D eigenvalue weighted by Gasteiger charge is -2.20. The number of aryl methyl sites for hydroxylation is 2. The Morgan fingerprint density at radius 3 is 2.46 bits per heavy atom. The molecule has 2 amide bonds. The lowest BCUT2D eigenvalue weighted by atomic mass is 10.0. The van der Waals surface area contributed by atoms with E-state index in [4.69, 9.17) is 9.47 Å². The van der Waals surface area contributed by atoms with Gasteiger partial charge in [0.25, 0.3) is 5.91 Å². The average Bonchev–Trinajstić information content (AvgIpc) is 3.37. The molecular formula is C32H37N3O4. The molecule has 0 saturated carbocycles. The van der Waals surface area contributed by atoms with E-state index in [2.05, 4.69) is 28.6 Å². The number of rotatable bonds is 14. The summed E-state index contributed by atoms with van der Waals surface area (Å²) >= 11 is 0. The summed E-state index contributed by atoms with van der Waals surface area (Å²) in [6.45, 7) is 2.35. The van der Waals surface area contributed by atoms with Crippen LogP contribution in [0.3, 0.4) is 0 Å². The van der Waals surface area contributed by atoms with E-state index >= 15 is 0 Å². The highest BCUT2D eigenvalue weighted by Crippen LogP contribution is 2.20. The van der Waals surface area contributed by atoms with Gasteiger partial charge in [-0.05, 0) is 60.2 Å². The second kappa shape index (κ2) is 14.0. The topological polar surface area (TPSA) is 92.5 Å². The number of nitrogens with one attached hydrogen (secondary N) is 3. The van der Waals surface area contributed by atoms with Gasteiger partial charge in [-0.25, -0.2) is 0 Å². The molecule has 0 spiro atoms. The number of amides is 2. The predicted octanol–water partition coefficient (Wildman–Crippen LogP) is 4.98. The van der Waals surface area contributed by atoms with Crippen LogP contribution in [0.25, 0.3) is 10.9 Å². The molecule has 3 aromatic carbocycles. The third kappa shape index (κ3) is 8.11. The minimum atomic E-state index is -0.303. The van der Waals surface area contributed by atoms with Crippen LogP contribution in [-0.4, -0.2) is 43.1 Å². The Labute approximate surface area is 229 Å². The van der Waals surface area contributed by atoms with Crippen LogP contribution in [0.15, 0.2) is 79.0 Å². The summed E-state index contributed by atoms with van der Waals surface area (Å²) < 4.78 is 11.1. The zero-order chi connectivity index (χ0) is 27.5. The summed E-state index contributed by atoms with van der Waals surface area (Å²) in [5.74, 6) is 1.11. The number of hydrogen-bond acceptors (Lipinski definition) is 4. The van der Waals surface area contributed by atoms with E-state index in [-0.39, 0.29) is 24.5 Å². The van der Waals surface area contributed by atoms with Crippen LogP contribution < -0.4 is 20.1 Å². The fourth-order valence-corrected chi connectivity index (χ4v) is 4.68. The van der Waals surface area contributed by atoms with E-state index in [1.807, 2.05) is 72.9 Å². The van der Waals surface area contributed by atoms with E-state index in [0.29, 0.717) is 31.6 Å². The third-order valence-electron chi connectivity index (χ3n) is 6.70. The first-order chi connectivity index (χ1) is 19.1. The van der Waals surface area contributed by atoms with Crippen molar-refractivity contribution in [2.45, 2.75) is 45.1 Å². The van der Waals surface area contributed by atoms with Gasteiger partial charge < -0.3 is 25.1 Å². The van der Waals surface area contributed by atoms with Crippen molar-refractivity contribution >= 4 is 22.7 Å². The van der Waals surface area contributed by atoms with E-state index in [0.717, 1.165) is 40.6 Å². The van der Waals surface area contributed by atoms with Gasteiger partial charge in [0, 0.05) is 30.1 Å². The van der Waals surface area contributed by atoms with Gasteiger partial charge in [-0.3, -0.25) is 9.59 Å². The van der Waals surface area contributed by atoms with Crippen molar-refractivity contribution < 1.29 is 19.1 Å². The van der Waals surface area contributed by atoms with Gasteiger partial charge in [0.15, 0.2) is 6.61 Å². The number of carbonyl (C=O) groups excluding carboxylic acids is 2.